The van der Waals surface area contributed by atoms with Gasteiger partial charge in [-0.2, -0.15) is 5.10 Å². The van der Waals surface area contributed by atoms with Crippen molar-refractivity contribution in [2.45, 2.75) is 32.5 Å². The van der Waals surface area contributed by atoms with Crippen molar-refractivity contribution in [3.8, 4) is 0 Å². The van der Waals surface area contributed by atoms with Crippen LogP contribution in [0.4, 0.5) is 0 Å². The number of aromatic amines is 1. The van der Waals surface area contributed by atoms with E-state index in [4.69, 9.17) is 14.9 Å². The molecule has 3 N–H and O–H groups in total. The van der Waals surface area contributed by atoms with Gasteiger partial charge in [-0.1, -0.05) is 0 Å². The van der Waals surface area contributed by atoms with Crippen LogP contribution in [0.5, 0.6) is 0 Å². The first-order valence-corrected chi connectivity index (χ1v) is 7.17. The molecule has 0 bridgehead atoms. The molecule has 0 saturated carbocycles. The average Bonchev–Trinajstić information content (AvgIpc) is 2.87. The van der Waals surface area contributed by atoms with Crippen LogP contribution in [0.15, 0.2) is 0 Å². The first-order valence-electron chi connectivity index (χ1n) is 7.17. The highest BCUT2D eigenvalue weighted by molar-refractivity contribution is 5.94. The van der Waals surface area contributed by atoms with Crippen LogP contribution in [-0.4, -0.2) is 64.1 Å². The average molecular weight is 297 g/mol. The molecule has 0 saturated heterocycles. The molecule has 1 aliphatic heterocycles. The van der Waals surface area contributed by atoms with Crippen LogP contribution in [0.1, 0.15) is 41.7 Å². The molecule has 0 aromatic carbocycles. The summed E-state index contributed by atoms with van der Waals surface area (Å²) in [6.45, 7) is 3.87. The first-order chi connectivity index (χ1) is 9.97. The molecular formula is C14H23N3O4. The summed E-state index contributed by atoms with van der Waals surface area (Å²) in [6.07, 6.45) is 0.587. The lowest BCUT2D eigenvalue weighted by Crippen LogP contribution is -2.35. The van der Waals surface area contributed by atoms with Crippen LogP contribution in [0.3, 0.4) is 0 Å². The SMILES string of the molecule is C[C@@H]1Cc2c(C(=O)N(C)CC(CO)CO)n[nH]c2[C@H](C)O1. The topological polar surface area (TPSA) is 98.7 Å². The number of carbonyl (C=O) groups excluding carboxylic acids is 1. The molecule has 1 amide bonds. The number of rotatable bonds is 5. The molecule has 0 aliphatic carbocycles. The van der Waals surface area contributed by atoms with Crippen molar-refractivity contribution < 1.29 is 19.7 Å². The molecular weight excluding hydrogens is 274 g/mol. The van der Waals surface area contributed by atoms with Gasteiger partial charge in [0.1, 0.15) is 0 Å². The zero-order valence-electron chi connectivity index (χ0n) is 12.7. The highest BCUT2D eigenvalue weighted by atomic mass is 16.5. The third-order valence-electron chi connectivity index (χ3n) is 3.83. The number of amides is 1. The van der Waals surface area contributed by atoms with E-state index >= 15 is 0 Å². The predicted octanol–water partition coefficient (Wildman–Crippen LogP) is 0.105. The second-order valence-corrected chi connectivity index (χ2v) is 5.67. The molecule has 0 fully saturated rings. The van der Waals surface area contributed by atoms with Crippen LogP contribution in [0.2, 0.25) is 0 Å². The molecule has 2 heterocycles. The lowest BCUT2D eigenvalue weighted by atomic mass is 9.99. The van der Waals surface area contributed by atoms with Gasteiger partial charge in [0.25, 0.3) is 5.91 Å². The minimum atomic E-state index is -0.338. The highest BCUT2D eigenvalue weighted by Gasteiger charge is 2.30. The van der Waals surface area contributed by atoms with Crippen LogP contribution in [0.25, 0.3) is 0 Å². The van der Waals surface area contributed by atoms with Crippen molar-refractivity contribution >= 4 is 5.91 Å². The lowest BCUT2D eigenvalue weighted by molar-refractivity contribution is -0.00702. The molecule has 7 nitrogen and oxygen atoms in total. The van der Waals surface area contributed by atoms with Crippen molar-refractivity contribution in [3.05, 3.63) is 17.0 Å². The van der Waals surface area contributed by atoms with Crippen molar-refractivity contribution in [1.82, 2.24) is 15.1 Å². The molecule has 7 heteroatoms. The van der Waals surface area contributed by atoms with Crippen LogP contribution in [0, 0.1) is 5.92 Å². The Kier molecular flexibility index (Phi) is 4.97. The molecule has 0 unspecified atom stereocenters. The van der Waals surface area contributed by atoms with Crippen molar-refractivity contribution in [2.75, 3.05) is 26.8 Å². The number of hydrogen-bond donors (Lipinski definition) is 3. The Morgan fingerprint density at radius 2 is 2.14 bits per heavy atom. The third-order valence-corrected chi connectivity index (χ3v) is 3.83. The van der Waals surface area contributed by atoms with E-state index in [1.165, 1.54) is 4.90 Å². The van der Waals surface area contributed by atoms with E-state index in [0.717, 1.165) is 11.3 Å². The minimum absolute atomic E-state index is 0.0459. The Labute approximate surface area is 123 Å². The molecule has 1 aromatic heterocycles. The van der Waals surface area contributed by atoms with Gasteiger partial charge in [-0.05, 0) is 13.8 Å². The number of ether oxygens (including phenoxy) is 1. The first kappa shape index (κ1) is 15.9. The van der Waals surface area contributed by atoms with Gasteiger partial charge in [0.2, 0.25) is 0 Å². The van der Waals surface area contributed by atoms with E-state index in [9.17, 15) is 4.79 Å². The highest BCUT2D eigenvalue weighted by Crippen LogP contribution is 2.30. The fourth-order valence-corrected chi connectivity index (χ4v) is 2.67. The number of hydrogen-bond acceptors (Lipinski definition) is 5. The molecule has 118 valence electrons. The summed E-state index contributed by atoms with van der Waals surface area (Å²) in [5, 5.41) is 25.3. The summed E-state index contributed by atoms with van der Waals surface area (Å²) >= 11 is 0. The number of nitrogens with zero attached hydrogens (tertiary/aromatic N) is 2. The van der Waals surface area contributed by atoms with Gasteiger partial charge in [-0.25, -0.2) is 0 Å². The summed E-state index contributed by atoms with van der Waals surface area (Å²) in [5.41, 5.74) is 2.16. The van der Waals surface area contributed by atoms with Crippen molar-refractivity contribution in [2.24, 2.45) is 5.92 Å². The Morgan fingerprint density at radius 3 is 2.76 bits per heavy atom. The summed E-state index contributed by atoms with van der Waals surface area (Å²) in [6, 6.07) is 0. The normalized spacial score (nSPS) is 21.4. The number of aliphatic hydroxyl groups excluding tert-OH is 2. The lowest BCUT2D eigenvalue weighted by Gasteiger charge is -2.26. The van der Waals surface area contributed by atoms with Gasteiger partial charge in [0, 0.05) is 44.7 Å². The number of aromatic nitrogens is 2. The fraction of sp³-hybridized carbons (Fsp3) is 0.714. The molecule has 0 spiro atoms. The summed E-state index contributed by atoms with van der Waals surface area (Å²) < 4.78 is 5.70. The van der Waals surface area contributed by atoms with E-state index in [1.54, 1.807) is 7.05 Å². The Balaban J connectivity index is 2.17. The van der Waals surface area contributed by atoms with Crippen LogP contribution >= 0.6 is 0 Å². The van der Waals surface area contributed by atoms with E-state index < -0.39 is 0 Å². The molecule has 21 heavy (non-hydrogen) atoms. The molecule has 1 aliphatic rings. The Morgan fingerprint density at radius 1 is 1.48 bits per heavy atom. The number of carbonyl (C=O) groups is 1. The monoisotopic (exact) mass is 297 g/mol. The Bertz CT molecular complexity index is 498. The summed E-state index contributed by atoms with van der Waals surface area (Å²) in [7, 11) is 1.65. The summed E-state index contributed by atoms with van der Waals surface area (Å²) in [5.74, 6) is -0.546. The number of aliphatic hydroxyl groups is 2. The van der Waals surface area contributed by atoms with Gasteiger partial charge in [-0.15, -0.1) is 0 Å². The molecule has 2 atom stereocenters. The molecule has 2 rings (SSSR count). The van der Waals surface area contributed by atoms with Crippen molar-refractivity contribution in [3.63, 3.8) is 0 Å². The largest absolute Gasteiger partial charge is 0.396 e. The zero-order chi connectivity index (χ0) is 15.6. The Hall–Kier alpha value is -1.44. The van der Waals surface area contributed by atoms with E-state index in [2.05, 4.69) is 10.2 Å². The second kappa shape index (κ2) is 6.55. The third kappa shape index (κ3) is 3.25. The van der Waals surface area contributed by atoms with Gasteiger partial charge < -0.3 is 19.8 Å². The number of fused-ring (bicyclic) bond motifs is 1. The van der Waals surface area contributed by atoms with Gasteiger partial charge in [-0.3, -0.25) is 9.89 Å². The van der Waals surface area contributed by atoms with Gasteiger partial charge in [0.15, 0.2) is 5.69 Å². The maximum Gasteiger partial charge on any atom is 0.274 e. The van der Waals surface area contributed by atoms with E-state index in [-0.39, 0.29) is 43.8 Å². The van der Waals surface area contributed by atoms with Crippen molar-refractivity contribution in [1.29, 1.82) is 0 Å². The number of nitrogens with one attached hydrogen (secondary N) is 1. The molecule has 0 radical (unpaired) electrons. The second-order valence-electron chi connectivity index (χ2n) is 5.67. The van der Waals surface area contributed by atoms with E-state index in [0.29, 0.717) is 12.1 Å². The number of H-pyrrole nitrogens is 1. The zero-order valence-corrected chi connectivity index (χ0v) is 12.7. The van der Waals surface area contributed by atoms with Gasteiger partial charge in [0.05, 0.1) is 17.9 Å². The quantitative estimate of drug-likeness (QED) is 0.716. The summed E-state index contributed by atoms with van der Waals surface area (Å²) in [4.78, 5) is 14.0. The maximum atomic E-state index is 12.5. The fourth-order valence-electron chi connectivity index (χ4n) is 2.67. The smallest absolute Gasteiger partial charge is 0.274 e. The standard InChI is InChI=1S/C14H23N3O4/c1-8-4-11-12(9(2)21-8)15-16-13(11)14(20)17(3)5-10(6-18)7-19/h8-10,18-19H,4-7H2,1-3H3,(H,15,16)/t8-,9+/m1/s1. The van der Waals surface area contributed by atoms with E-state index in [1.807, 2.05) is 13.8 Å². The van der Waals surface area contributed by atoms with Crippen LogP contribution < -0.4 is 0 Å². The minimum Gasteiger partial charge on any atom is -0.396 e. The predicted molar refractivity (Wildman–Crippen MR) is 75.9 cm³/mol. The maximum absolute atomic E-state index is 12.5. The van der Waals surface area contributed by atoms with Crippen LogP contribution in [-0.2, 0) is 11.2 Å². The molecule has 1 aromatic rings. The van der Waals surface area contributed by atoms with Gasteiger partial charge >= 0.3 is 0 Å².